The first-order chi connectivity index (χ1) is 8.16. The van der Waals surface area contributed by atoms with Crippen LogP contribution in [-0.4, -0.2) is 25.2 Å². The van der Waals surface area contributed by atoms with E-state index in [2.05, 4.69) is 0 Å². The van der Waals surface area contributed by atoms with Gasteiger partial charge in [-0.1, -0.05) is 0 Å². The van der Waals surface area contributed by atoms with E-state index in [-0.39, 0.29) is 6.10 Å². The highest BCUT2D eigenvalue weighted by atomic mass is 16.5. The summed E-state index contributed by atoms with van der Waals surface area (Å²) in [5.74, 6) is 0.0628. The van der Waals surface area contributed by atoms with Crippen molar-refractivity contribution in [2.75, 3.05) is 18.9 Å². The van der Waals surface area contributed by atoms with Gasteiger partial charge in [0.05, 0.1) is 11.8 Å². The lowest BCUT2D eigenvalue weighted by Gasteiger charge is -2.13. The van der Waals surface area contributed by atoms with Gasteiger partial charge in [0.1, 0.15) is 12.4 Å². The molecule has 2 rings (SSSR count). The second-order valence-electron chi connectivity index (χ2n) is 4.06. The summed E-state index contributed by atoms with van der Waals surface area (Å²) in [4.78, 5) is 10.9. The van der Waals surface area contributed by atoms with E-state index >= 15 is 0 Å². The van der Waals surface area contributed by atoms with Gasteiger partial charge in [-0.25, -0.2) is 0 Å². The Hall–Kier alpha value is -1.75. The summed E-state index contributed by atoms with van der Waals surface area (Å²) in [6.45, 7) is 1.28. The molecule has 1 saturated heterocycles. The molecule has 5 nitrogen and oxygen atoms in total. The van der Waals surface area contributed by atoms with Crippen molar-refractivity contribution in [1.29, 1.82) is 0 Å². The third-order valence-corrected chi connectivity index (χ3v) is 2.74. The molecule has 4 N–H and O–H groups in total. The van der Waals surface area contributed by atoms with Gasteiger partial charge in [-0.3, -0.25) is 4.79 Å². The zero-order valence-corrected chi connectivity index (χ0v) is 9.52. The molecule has 0 aliphatic carbocycles. The molecule has 1 heterocycles. The molecule has 0 aromatic heterocycles. The molecule has 17 heavy (non-hydrogen) atoms. The van der Waals surface area contributed by atoms with Crippen molar-refractivity contribution < 1.29 is 14.3 Å². The molecule has 1 aliphatic rings. The number of ether oxygens (including phenoxy) is 2. The molecule has 0 saturated carbocycles. The Kier molecular flexibility index (Phi) is 3.49. The maximum atomic E-state index is 10.9. The van der Waals surface area contributed by atoms with Crippen LogP contribution in [0.2, 0.25) is 0 Å². The number of nitrogen functional groups attached to an aromatic ring is 1. The first-order valence-corrected chi connectivity index (χ1v) is 5.60. The quantitative estimate of drug-likeness (QED) is 0.761. The molecule has 1 aromatic carbocycles. The summed E-state index contributed by atoms with van der Waals surface area (Å²) >= 11 is 0. The molecule has 0 bridgehead atoms. The fraction of sp³-hybridized carbons (Fsp3) is 0.417. The predicted molar refractivity (Wildman–Crippen MR) is 63.8 cm³/mol. The normalized spacial score (nSPS) is 19.2. The van der Waals surface area contributed by atoms with Crippen LogP contribution in [0.25, 0.3) is 0 Å². The number of nitrogens with two attached hydrogens (primary N) is 2. The van der Waals surface area contributed by atoms with E-state index in [0.717, 1.165) is 19.4 Å². The summed E-state index contributed by atoms with van der Waals surface area (Å²) in [5.41, 5.74) is 11.7. The largest absolute Gasteiger partial charge is 0.489 e. The molecule has 5 heteroatoms. The highest BCUT2D eigenvalue weighted by Crippen LogP contribution is 2.23. The molecule has 0 radical (unpaired) electrons. The first-order valence-electron chi connectivity index (χ1n) is 5.60. The van der Waals surface area contributed by atoms with E-state index in [1.54, 1.807) is 12.1 Å². The molecule has 0 spiro atoms. The van der Waals surface area contributed by atoms with Gasteiger partial charge in [0, 0.05) is 12.2 Å². The van der Waals surface area contributed by atoms with Crippen LogP contribution in [-0.2, 0) is 4.74 Å². The Morgan fingerprint density at radius 3 is 2.94 bits per heavy atom. The molecule has 1 aromatic rings. The van der Waals surface area contributed by atoms with Crippen LogP contribution in [0.3, 0.4) is 0 Å². The van der Waals surface area contributed by atoms with E-state index < -0.39 is 5.91 Å². The van der Waals surface area contributed by atoms with Crippen molar-refractivity contribution in [2.45, 2.75) is 18.9 Å². The lowest BCUT2D eigenvalue weighted by molar-refractivity contribution is 0.0682. The minimum Gasteiger partial charge on any atom is -0.489 e. The maximum absolute atomic E-state index is 10.9. The fourth-order valence-corrected chi connectivity index (χ4v) is 1.79. The number of rotatable bonds is 4. The topological polar surface area (TPSA) is 87.6 Å². The molecular weight excluding hydrogens is 220 g/mol. The monoisotopic (exact) mass is 236 g/mol. The minimum absolute atomic E-state index is 0.144. The van der Waals surface area contributed by atoms with Crippen LogP contribution in [0.1, 0.15) is 23.2 Å². The molecule has 92 valence electrons. The number of anilines is 1. The molecule has 1 fully saturated rings. The smallest absolute Gasteiger partial charge is 0.248 e. The summed E-state index contributed by atoms with van der Waals surface area (Å²) < 4.78 is 11.0. The molecule has 1 unspecified atom stereocenters. The van der Waals surface area contributed by atoms with E-state index in [4.69, 9.17) is 20.9 Å². The third kappa shape index (κ3) is 2.88. The summed E-state index contributed by atoms with van der Waals surface area (Å²) in [5, 5.41) is 0. The summed E-state index contributed by atoms with van der Waals surface area (Å²) in [6, 6.07) is 4.78. The third-order valence-electron chi connectivity index (χ3n) is 2.74. The van der Waals surface area contributed by atoms with Crippen molar-refractivity contribution in [3.8, 4) is 5.75 Å². The van der Waals surface area contributed by atoms with E-state index in [0.29, 0.717) is 23.6 Å². The van der Waals surface area contributed by atoms with E-state index in [1.165, 1.54) is 6.07 Å². The number of carbonyl (C=O) groups is 1. The van der Waals surface area contributed by atoms with Gasteiger partial charge in [0.2, 0.25) is 5.91 Å². The number of amides is 1. The highest BCUT2D eigenvalue weighted by Gasteiger charge is 2.16. The van der Waals surface area contributed by atoms with Crippen LogP contribution in [0.4, 0.5) is 5.69 Å². The summed E-state index contributed by atoms with van der Waals surface area (Å²) in [6.07, 6.45) is 2.23. The Balaban J connectivity index is 1.98. The van der Waals surface area contributed by atoms with Crippen LogP contribution < -0.4 is 16.2 Å². The highest BCUT2D eigenvalue weighted by molar-refractivity contribution is 5.94. The zero-order chi connectivity index (χ0) is 12.3. The Bertz CT molecular complexity index is 414. The molecular formula is C12H16N2O3. The minimum atomic E-state index is -0.498. The number of primary amides is 1. The number of benzene rings is 1. The van der Waals surface area contributed by atoms with Crippen molar-refractivity contribution >= 4 is 11.6 Å². The average molecular weight is 236 g/mol. The van der Waals surface area contributed by atoms with Crippen LogP contribution in [0.5, 0.6) is 5.75 Å². The van der Waals surface area contributed by atoms with Crippen molar-refractivity contribution in [3.63, 3.8) is 0 Å². The van der Waals surface area contributed by atoms with Gasteiger partial charge < -0.3 is 20.9 Å². The van der Waals surface area contributed by atoms with Gasteiger partial charge in [0.25, 0.3) is 0 Å². The number of carbonyl (C=O) groups excluding carboxylic acids is 1. The van der Waals surface area contributed by atoms with Gasteiger partial charge >= 0.3 is 0 Å². The fourth-order valence-electron chi connectivity index (χ4n) is 1.79. The van der Waals surface area contributed by atoms with Crippen LogP contribution >= 0.6 is 0 Å². The van der Waals surface area contributed by atoms with Gasteiger partial charge in [-0.05, 0) is 31.0 Å². The van der Waals surface area contributed by atoms with Gasteiger partial charge in [-0.15, -0.1) is 0 Å². The first kappa shape index (κ1) is 11.7. The van der Waals surface area contributed by atoms with Crippen molar-refractivity contribution in [1.82, 2.24) is 0 Å². The maximum Gasteiger partial charge on any atom is 0.248 e. The standard InChI is InChI=1S/C12H16N2O3/c13-10-6-8(12(14)15)3-4-11(10)17-7-9-2-1-5-16-9/h3-4,6,9H,1-2,5,7,13H2,(H2,14,15). The number of hydrogen-bond donors (Lipinski definition) is 2. The van der Waals surface area contributed by atoms with Crippen LogP contribution in [0.15, 0.2) is 18.2 Å². The van der Waals surface area contributed by atoms with Gasteiger partial charge in [0.15, 0.2) is 0 Å². The van der Waals surface area contributed by atoms with Crippen molar-refractivity contribution in [2.24, 2.45) is 5.73 Å². The average Bonchev–Trinajstić information content (AvgIpc) is 2.80. The molecule has 1 aliphatic heterocycles. The Morgan fingerprint density at radius 1 is 1.53 bits per heavy atom. The Labute approximate surface area is 99.7 Å². The second-order valence-corrected chi connectivity index (χ2v) is 4.06. The van der Waals surface area contributed by atoms with Crippen LogP contribution in [0, 0.1) is 0 Å². The number of hydrogen-bond acceptors (Lipinski definition) is 4. The lowest BCUT2D eigenvalue weighted by Crippen LogP contribution is -2.17. The SMILES string of the molecule is NC(=O)c1ccc(OCC2CCCO2)c(N)c1. The predicted octanol–water partition coefficient (Wildman–Crippen LogP) is 0.925. The Morgan fingerprint density at radius 2 is 2.35 bits per heavy atom. The molecule has 1 amide bonds. The molecule has 1 atom stereocenters. The lowest BCUT2D eigenvalue weighted by atomic mass is 10.2. The van der Waals surface area contributed by atoms with Crippen molar-refractivity contribution in [3.05, 3.63) is 23.8 Å². The summed E-state index contributed by atoms with van der Waals surface area (Å²) in [7, 11) is 0. The zero-order valence-electron chi connectivity index (χ0n) is 9.52. The van der Waals surface area contributed by atoms with E-state index in [1.807, 2.05) is 0 Å². The van der Waals surface area contributed by atoms with E-state index in [9.17, 15) is 4.79 Å². The van der Waals surface area contributed by atoms with Gasteiger partial charge in [-0.2, -0.15) is 0 Å². The second kappa shape index (κ2) is 5.05.